The van der Waals surface area contributed by atoms with E-state index >= 15 is 0 Å². The van der Waals surface area contributed by atoms with Crippen LogP contribution in [-0.4, -0.2) is 48.8 Å². The molecule has 0 saturated carbocycles. The molecule has 0 spiro atoms. The van der Waals surface area contributed by atoms with Crippen molar-refractivity contribution < 1.29 is 13.3 Å². The number of hydrogen-bond acceptors (Lipinski definition) is 8. The van der Waals surface area contributed by atoms with Gasteiger partial charge in [0.2, 0.25) is 10.0 Å². The zero-order chi connectivity index (χ0) is 25.4. The SMILES string of the molecule is CCN(CCC#N)S(=O)(=O)c1ccc(NCc2ccc(N3CCCCCC3)nc2)c([N+](=O)[O-])c1C. The topological polar surface area (TPSA) is 132 Å². The van der Waals surface area contributed by atoms with Gasteiger partial charge >= 0.3 is 0 Å². The molecule has 0 amide bonds. The fourth-order valence-electron chi connectivity index (χ4n) is 4.31. The van der Waals surface area contributed by atoms with Gasteiger partial charge in [0.25, 0.3) is 5.69 Å². The van der Waals surface area contributed by atoms with Crippen LogP contribution in [0.5, 0.6) is 0 Å². The van der Waals surface area contributed by atoms with Gasteiger partial charge < -0.3 is 10.2 Å². The number of hydrogen-bond donors (Lipinski definition) is 1. The Hall–Kier alpha value is -3.23. The number of benzene rings is 1. The Morgan fingerprint density at radius 1 is 1.20 bits per heavy atom. The highest BCUT2D eigenvalue weighted by atomic mass is 32.2. The Bertz CT molecular complexity index is 1170. The number of pyridine rings is 1. The molecule has 1 aromatic heterocycles. The molecular formula is C24H32N6O4S. The van der Waals surface area contributed by atoms with Gasteiger partial charge in [-0.25, -0.2) is 13.4 Å². The number of aromatic nitrogens is 1. The second-order valence-electron chi connectivity index (χ2n) is 8.53. The molecule has 3 rings (SSSR count). The van der Waals surface area contributed by atoms with Gasteiger partial charge in [0.1, 0.15) is 11.5 Å². The van der Waals surface area contributed by atoms with Crippen LogP contribution >= 0.6 is 0 Å². The quantitative estimate of drug-likeness (QED) is 0.379. The van der Waals surface area contributed by atoms with E-state index in [4.69, 9.17) is 5.26 Å². The predicted octanol–water partition coefficient (Wildman–Crippen LogP) is 4.22. The summed E-state index contributed by atoms with van der Waals surface area (Å²) < 4.78 is 27.4. The third-order valence-corrected chi connectivity index (χ3v) is 8.35. The second-order valence-corrected chi connectivity index (χ2v) is 10.4. The van der Waals surface area contributed by atoms with E-state index in [1.54, 1.807) is 13.1 Å². The van der Waals surface area contributed by atoms with Gasteiger partial charge in [0, 0.05) is 50.9 Å². The van der Waals surface area contributed by atoms with E-state index in [9.17, 15) is 18.5 Å². The Morgan fingerprint density at radius 2 is 1.91 bits per heavy atom. The van der Waals surface area contributed by atoms with Crippen LogP contribution in [0.3, 0.4) is 0 Å². The van der Waals surface area contributed by atoms with Gasteiger partial charge in [-0.3, -0.25) is 10.1 Å². The highest BCUT2D eigenvalue weighted by molar-refractivity contribution is 7.89. The lowest BCUT2D eigenvalue weighted by Crippen LogP contribution is -2.32. The molecule has 1 N–H and O–H groups in total. The largest absolute Gasteiger partial charge is 0.375 e. The van der Waals surface area contributed by atoms with Crippen molar-refractivity contribution in [1.82, 2.24) is 9.29 Å². The molecule has 11 heteroatoms. The molecule has 1 aromatic carbocycles. The van der Waals surface area contributed by atoms with Crippen molar-refractivity contribution in [3.63, 3.8) is 0 Å². The summed E-state index contributed by atoms with van der Waals surface area (Å²) in [5.74, 6) is 0.934. The maximum atomic E-state index is 13.1. The lowest BCUT2D eigenvalue weighted by molar-refractivity contribution is -0.384. The first-order valence-electron chi connectivity index (χ1n) is 11.9. The first-order valence-corrected chi connectivity index (χ1v) is 13.3. The van der Waals surface area contributed by atoms with Crippen LogP contribution in [0.1, 0.15) is 50.2 Å². The van der Waals surface area contributed by atoms with Crippen molar-refractivity contribution in [2.24, 2.45) is 0 Å². The standard InChI is InChI=1S/C24H32N6O4S/c1-3-29(16-8-13-25)35(33,34)22-11-10-21(24(19(22)2)30(31)32)26-17-20-9-12-23(27-18-20)28-14-6-4-5-7-15-28/h9-12,18,26H,3-8,14-17H2,1-2H3. The van der Waals surface area contributed by atoms with Crippen molar-refractivity contribution in [1.29, 1.82) is 5.26 Å². The summed E-state index contributed by atoms with van der Waals surface area (Å²) in [6, 6.07) is 8.67. The van der Waals surface area contributed by atoms with Crippen LogP contribution < -0.4 is 10.2 Å². The van der Waals surface area contributed by atoms with Crippen LogP contribution in [0, 0.1) is 28.4 Å². The molecule has 188 valence electrons. The number of nitro groups is 1. The van der Waals surface area contributed by atoms with Crippen LogP contribution in [0.15, 0.2) is 35.4 Å². The molecule has 0 aliphatic carbocycles. The van der Waals surface area contributed by atoms with E-state index < -0.39 is 14.9 Å². The summed E-state index contributed by atoms with van der Waals surface area (Å²) in [4.78, 5) is 18.1. The summed E-state index contributed by atoms with van der Waals surface area (Å²) in [6.45, 7) is 5.60. The second kappa shape index (κ2) is 12.0. The Balaban J connectivity index is 1.80. The van der Waals surface area contributed by atoms with Crippen LogP contribution in [-0.2, 0) is 16.6 Å². The molecule has 2 aromatic rings. The van der Waals surface area contributed by atoms with Gasteiger partial charge in [-0.1, -0.05) is 25.8 Å². The first-order chi connectivity index (χ1) is 16.8. The van der Waals surface area contributed by atoms with Crippen molar-refractivity contribution >= 4 is 27.2 Å². The zero-order valence-electron chi connectivity index (χ0n) is 20.2. The average Bonchev–Trinajstić information content (AvgIpc) is 3.12. The van der Waals surface area contributed by atoms with E-state index in [0.717, 1.165) is 41.6 Å². The van der Waals surface area contributed by atoms with Crippen molar-refractivity contribution in [2.75, 3.05) is 36.4 Å². The van der Waals surface area contributed by atoms with Crippen molar-refractivity contribution in [2.45, 2.75) is 57.4 Å². The molecule has 0 unspecified atom stereocenters. The molecule has 0 radical (unpaired) electrons. The molecule has 1 aliphatic heterocycles. The molecule has 35 heavy (non-hydrogen) atoms. The Kier molecular flexibility index (Phi) is 9.01. The van der Waals surface area contributed by atoms with E-state index in [0.29, 0.717) is 6.54 Å². The highest BCUT2D eigenvalue weighted by Crippen LogP contribution is 2.34. The monoisotopic (exact) mass is 500 g/mol. The number of nitrogens with one attached hydrogen (secondary N) is 1. The number of nitriles is 1. The Morgan fingerprint density at radius 3 is 2.49 bits per heavy atom. The third kappa shape index (κ3) is 6.26. The number of anilines is 2. The summed E-state index contributed by atoms with van der Waals surface area (Å²) in [5.41, 5.74) is 0.880. The highest BCUT2D eigenvalue weighted by Gasteiger charge is 2.30. The maximum Gasteiger partial charge on any atom is 0.296 e. The summed E-state index contributed by atoms with van der Waals surface area (Å²) >= 11 is 0. The fourth-order valence-corrected chi connectivity index (χ4v) is 5.98. The lowest BCUT2D eigenvalue weighted by atomic mass is 10.1. The molecule has 0 atom stereocenters. The maximum absolute atomic E-state index is 13.1. The van der Waals surface area contributed by atoms with Crippen LogP contribution in [0.25, 0.3) is 0 Å². The minimum absolute atomic E-state index is 0.0308. The minimum atomic E-state index is -3.98. The molecule has 1 fully saturated rings. The van der Waals surface area contributed by atoms with Crippen LogP contribution in [0.4, 0.5) is 17.2 Å². The van der Waals surface area contributed by atoms with E-state index in [1.165, 1.54) is 31.9 Å². The van der Waals surface area contributed by atoms with Gasteiger partial charge in [-0.05, 0) is 43.5 Å². The zero-order valence-corrected chi connectivity index (χ0v) is 21.1. The number of nitrogens with zero attached hydrogens (tertiary/aromatic N) is 5. The molecule has 1 aliphatic rings. The minimum Gasteiger partial charge on any atom is -0.375 e. The van der Waals surface area contributed by atoms with E-state index in [2.05, 4.69) is 15.2 Å². The first kappa shape index (κ1) is 26.4. The number of rotatable bonds is 10. The van der Waals surface area contributed by atoms with Gasteiger partial charge in [0.05, 0.1) is 15.9 Å². The normalized spacial score (nSPS) is 14.4. The number of sulfonamides is 1. The van der Waals surface area contributed by atoms with Gasteiger partial charge in [-0.2, -0.15) is 9.57 Å². The molecule has 1 saturated heterocycles. The van der Waals surface area contributed by atoms with E-state index in [-0.39, 0.29) is 41.3 Å². The lowest BCUT2D eigenvalue weighted by Gasteiger charge is -2.21. The smallest absolute Gasteiger partial charge is 0.296 e. The third-order valence-electron chi connectivity index (χ3n) is 6.23. The summed E-state index contributed by atoms with van der Waals surface area (Å²) in [6.07, 6.45) is 6.61. The van der Waals surface area contributed by atoms with Gasteiger partial charge in [-0.15, -0.1) is 0 Å². The fraction of sp³-hybridized carbons (Fsp3) is 0.500. The predicted molar refractivity (Wildman–Crippen MR) is 135 cm³/mol. The summed E-state index contributed by atoms with van der Waals surface area (Å²) in [7, 11) is -3.98. The molecule has 10 nitrogen and oxygen atoms in total. The van der Waals surface area contributed by atoms with Crippen molar-refractivity contribution in [3.05, 3.63) is 51.7 Å². The van der Waals surface area contributed by atoms with Crippen molar-refractivity contribution in [3.8, 4) is 6.07 Å². The molecule has 0 bridgehead atoms. The van der Waals surface area contributed by atoms with Gasteiger partial charge in [0.15, 0.2) is 0 Å². The Labute approximate surface area is 206 Å². The number of nitro benzene ring substituents is 1. The molecular weight excluding hydrogens is 468 g/mol. The summed E-state index contributed by atoms with van der Waals surface area (Å²) in [5, 5.41) is 23.8. The van der Waals surface area contributed by atoms with E-state index in [1.807, 2.05) is 18.2 Å². The molecule has 2 heterocycles. The average molecular weight is 501 g/mol. The van der Waals surface area contributed by atoms with Crippen LogP contribution in [0.2, 0.25) is 0 Å².